The van der Waals surface area contributed by atoms with Gasteiger partial charge < -0.3 is 4.74 Å². The van der Waals surface area contributed by atoms with Crippen LogP contribution in [0, 0.1) is 17.3 Å². The summed E-state index contributed by atoms with van der Waals surface area (Å²) in [7, 11) is 0. The molecule has 144 valence electrons. The molecular weight excluding hydrogens is 320 g/mol. The Kier molecular flexibility index (Phi) is 7.93. The Hall–Kier alpha value is -1.57. The van der Waals surface area contributed by atoms with E-state index in [1.807, 2.05) is 36.4 Å². The van der Waals surface area contributed by atoms with Crippen molar-refractivity contribution in [2.24, 2.45) is 17.3 Å². The lowest BCUT2D eigenvalue weighted by Gasteiger charge is -2.43. The molecule has 0 amide bonds. The number of benzene rings is 1. The highest BCUT2D eigenvalue weighted by Gasteiger charge is 2.36. The molecule has 1 saturated carbocycles. The van der Waals surface area contributed by atoms with E-state index in [2.05, 4.69) is 27.7 Å². The molecule has 0 radical (unpaired) electrons. The van der Waals surface area contributed by atoms with Gasteiger partial charge in [-0.15, -0.1) is 0 Å². The summed E-state index contributed by atoms with van der Waals surface area (Å²) in [6.07, 6.45) is 11.6. The van der Waals surface area contributed by atoms with Crippen LogP contribution in [0.25, 0.3) is 6.08 Å². The quantitative estimate of drug-likeness (QED) is 0.385. The molecular formula is C24H36O2. The van der Waals surface area contributed by atoms with E-state index < -0.39 is 0 Å². The number of ether oxygens (including phenoxy) is 1. The van der Waals surface area contributed by atoms with Crippen molar-refractivity contribution in [1.82, 2.24) is 0 Å². The molecule has 2 nitrogen and oxygen atoms in total. The summed E-state index contributed by atoms with van der Waals surface area (Å²) in [6, 6.07) is 9.89. The molecule has 0 bridgehead atoms. The Morgan fingerprint density at radius 1 is 1.27 bits per heavy atom. The number of esters is 1. The number of carbonyl (C=O) groups excluding carboxylic acids is 1. The van der Waals surface area contributed by atoms with Crippen molar-refractivity contribution in [3.05, 3.63) is 42.0 Å². The molecule has 1 aromatic carbocycles. The molecule has 1 unspecified atom stereocenters. The van der Waals surface area contributed by atoms with Gasteiger partial charge in [-0.25, -0.2) is 4.79 Å². The monoisotopic (exact) mass is 356 g/mol. The van der Waals surface area contributed by atoms with Crippen LogP contribution in [0.5, 0.6) is 0 Å². The van der Waals surface area contributed by atoms with Gasteiger partial charge in [-0.1, -0.05) is 77.3 Å². The van der Waals surface area contributed by atoms with Crippen molar-refractivity contribution in [1.29, 1.82) is 0 Å². The van der Waals surface area contributed by atoms with E-state index in [0.29, 0.717) is 5.41 Å². The summed E-state index contributed by atoms with van der Waals surface area (Å²) in [5.74, 6) is 1.28. The maximum absolute atomic E-state index is 12.2. The maximum Gasteiger partial charge on any atom is 0.331 e. The minimum Gasteiger partial charge on any atom is -0.459 e. The summed E-state index contributed by atoms with van der Waals surface area (Å²) >= 11 is 0. The highest BCUT2D eigenvalue weighted by Crippen LogP contribution is 2.46. The first-order chi connectivity index (χ1) is 12.4. The van der Waals surface area contributed by atoms with Gasteiger partial charge in [-0.2, -0.15) is 0 Å². The average molecular weight is 357 g/mol. The van der Waals surface area contributed by atoms with Crippen LogP contribution in [0.2, 0.25) is 0 Å². The number of carbonyl (C=O) groups is 1. The summed E-state index contributed by atoms with van der Waals surface area (Å²) in [5, 5.41) is 0. The lowest BCUT2D eigenvalue weighted by Crippen LogP contribution is -2.34. The van der Waals surface area contributed by atoms with Crippen molar-refractivity contribution in [3.8, 4) is 0 Å². The maximum atomic E-state index is 12.2. The second-order valence-corrected chi connectivity index (χ2v) is 8.63. The SMILES string of the molecule is CCCC(CC[C@@H]1[C@@H](C)CCCC1(C)C)OC(=O)/C=C/c1ccccc1. The fourth-order valence-corrected chi connectivity index (χ4v) is 4.59. The van der Waals surface area contributed by atoms with Crippen molar-refractivity contribution >= 4 is 12.0 Å². The first kappa shape index (κ1) is 20.7. The van der Waals surface area contributed by atoms with Crippen LogP contribution in [-0.4, -0.2) is 12.1 Å². The number of rotatable bonds is 8. The predicted molar refractivity (Wildman–Crippen MR) is 110 cm³/mol. The molecule has 0 aromatic heterocycles. The minimum atomic E-state index is -0.219. The van der Waals surface area contributed by atoms with Crippen LogP contribution in [0.1, 0.15) is 78.2 Å². The Labute approximate surface area is 160 Å². The normalized spacial score (nSPS) is 23.7. The van der Waals surface area contributed by atoms with Gasteiger partial charge in [0.1, 0.15) is 6.10 Å². The van der Waals surface area contributed by atoms with Crippen LogP contribution in [0.3, 0.4) is 0 Å². The molecule has 0 N–H and O–H groups in total. The molecule has 2 rings (SSSR count). The van der Waals surface area contributed by atoms with Crippen molar-refractivity contribution in [2.75, 3.05) is 0 Å². The van der Waals surface area contributed by atoms with Gasteiger partial charge in [0.05, 0.1) is 0 Å². The molecule has 1 aliphatic carbocycles. The molecule has 0 heterocycles. The van der Waals surface area contributed by atoms with E-state index >= 15 is 0 Å². The van der Waals surface area contributed by atoms with Crippen LogP contribution in [0.4, 0.5) is 0 Å². The van der Waals surface area contributed by atoms with Crippen molar-refractivity contribution in [3.63, 3.8) is 0 Å². The molecule has 0 spiro atoms. The van der Waals surface area contributed by atoms with Crippen LogP contribution >= 0.6 is 0 Å². The van der Waals surface area contributed by atoms with Crippen molar-refractivity contribution in [2.45, 2.75) is 78.7 Å². The van der Waals surface area contributed by atoms with Gasteiger partial charge in [0.2, 0.25) is 0 Å². The third kappa shape index (κ3) is 6.30. The van der Waals surface area contributed by atoms with E-state index in [4.69, 9.17) is 4.74 Å². The summed E-state index contributed by atoms with van der Waals surface area (Å²) in [6.45, 7) is 9.39. The Balaban J connectivity index is 1.89. The van der Waals surface area contributed by atoms with Crippen LogP contribution in [0.15, 0.2) is 36.4 Å². The molecule has 2 heteroatoms. The van der Waals surface area contributed by atoms with E-state index in [1.54, 1.807) is 6.08 Å². The minimum absolute atomic E-state index is 0.0397. The van der Waals surface area contributed by atoms with Gasteiger partial charge >= 0.3 is 5.97 Å². The molecule has 3 atom stereocenters. The van der Waals surface area contributed by atoms with E-state index in [0.717, 1.165) is 43.1 Å². The molecule has 1 aliphatic rings. The Bertz CT molecular complexity index is 573. The zero-order valence-electron chi connectivity index (χ0n) is 17.0. The highest BCUT2D eigenvalue weighted by molar-refractivity contribution is 5.87. The topological polar surface area (TPSA) is 26.3 Å². The number of hydrogen-bond acceptors (Lipinski definition) is 2. The second-order valence-electron chi connectivity index (χ2n) is 8.63. The summed E-state index contributed by atoms with van der Waals surface area (Å²) < 4.78 is 5.78. The predicted octanol–water partition coefficient (Wildman–Crippen LogP) is 6.65. The summed E-state index contributed by atoms with van der Waals surface area (Å²) in [5.41, 5.74) is 1.43. The lowest BCUT2D eigenvalue weighted by molar-refractivity contribution is -0.143. The van der Waals surface area contributed by atoms with E-state index in [9.17, 15) is 4.79 Å². The zero-order chi connectivity index (χ0) is 19.0. The van der Waals surface area contributed by atoms with Crippen LogP contribution in [-0.2, 0) is 9.53 Å². The highest BCUT2D eigenvalue weighted by atomic mass is 16.5. The first-order valence-electron chi connectivity index (χ1n) is 10.4. The van der Waals surface area contributed by atoms with Crippen molar-refractivity contribution < 1.29 is 9.53 Å². The smallest absolute Gasteiger partial charge is 0.331 e. The van der Waals surface area contributed by atoms with Crippen LogP contribution < -0.4 is 0 Å². The molecule has 1 aromatic rings. The average Bonchev–Trinajstić information content (AvgIpc) is 2.60. The first-order valence-corrected chi connectivity index (χ1v) is 10.4. The fraction of sp³-hybridized carbons (Fsp3) is 0.625. The van der Waals surface area contributed by atoms with E-state index in [-0.39, 0.29) is 12.1 Å². The summed E-state index contributed by atoms with van der Waals surface area (Å²) in [4.78, 5) is 12.2. The zero-order valence-corrected chi connectivity index (χ0v) is 17.0. The van der Waals surface area contributed by atoms with E-state index in [1.165, 1.54) is 19.3 Å². The molecule has 0 saturated heterocycles. The van der Waals surface area contributed by atoms with Gasteiger partial charge in [0.15, 0.2) is 0 Å². The lowest BCUT2D eigenvalue weighted by atomic mass is 9.62. The fourth-order valence-electron chi connectivity index (χ4n) is 4.59. The second kappa shape index (κ2) is 9.94. The van der Waals surface area contributed by atoms with Gasteiger partial charge in [-0.3, -0.25) is 0 Å². The van der Waals surface area contributed by atoms with Gasteiger partial charge in [0, 0.05) is 6.08 Å². The largest absolute Gasteiger partial charge is 0.459 e. The van der Waals surface area contributed by atoms with Gasteiger partial charge in [0.25, 0.3) is 0 Å². The standard InChI is InChI=1S/C24H36O2/c1-5-10-21(15-16-22-19(2)11-9-18-24(22,3)4)26-23(25)17-14-20-12-7-6-8-13-20/h6-8,12-14,17,19,21-22H,5,9-11,15-16,18H2,1-4H3/b17-14+/t19-,21?,22+/m0/s1. The third-order valence-electron chi connectivity index (χ3n) is 6.08. The Morgan fingerprint density at radius 2 is 2.00 bits per heavy atom. The Morgan fingerprint density at radius 3 is 2.65 bits per heavy atom. The molecule has 0 aliphatic heterocycles. The third-order valence-corrected chi connectivity index (χ3v) is 6.08. The van der Waals surface area contributed by atoms with Gasteiger partial charge in [-0.05, 0) is 54.6 Å². The molecule has 1 fully saturated rings. The number of hydrogen-bond donors (Lipinski definition) is 0. The molecule has 26 heavy (non-hydrogen) atoms.